The van der Waals surface area contributed by atoms with Crippen molar-refractivity contribution < 1.29 is 9.53 Å². The van der Waals surface area contributed by atoms with E-state index in [4.69, 9.17) is 4.74 Å². The molecule has 0 aromatic carbocycles. The lowest BCUT2D eigenvalue weighted by molar-refractivity contribution is -0.122. The monoisotopic (exact) mass is 308 g/mol. The van der Waals surface area contributed by atoms with Crippen LogP contribution in [0.25, 0.3) is 0 Å². The topological polar surface area (TPSA) is 59.4 Å². The number of carbonyl (C=O) groups is 1. The van der Waals surface area contributed by atoms with Gasteiger partial charge in [-0.15, -0.1) is 0 Å². The quantitative estimate of drug-likeness (QED) is 0.780. The van der Waals surface area contributed by atoms with Gasteiger partial charge < -0.3 is 10.1 Å². The minimum Gasteiger partial charge on any atom is -0.383 e. The predicted octanol–water partition coefficient (Wildman–Crippen LogP) is 1.05. The number of aryl methyl sites for hydroxylation is 1. The first kappa shape index (κ1) is 17.0. The summed E-state index contributed by atoms with van der Waals surface area (Å²) in [5, 5.41) is 7.37. The minimum absolute atomic E-state index is 0.0443. The summed E-state index contributed by atoms with van der Waals surface area (Å²) in [4.78, 5) is 14.6. The van der Waals surface area contributed by atoms with Crippen LogP contribution < -0.4 is 5.32 Å². The number of hydrogen-bond acceptors (Lipinski definition) is 4. The van der Waals surface area contributed by atoms with Gasteiger partial charge in [-0.25, -0.2) is 0 Å². The van der Waals surface area contributed by atoms with Crippen LogP contribution >= 0.6 is 0 Å². The van der Waals surface area contributed by atoms with Crippen LogP contribution in [0.3, 0.4) is 0 Å². The number of amides is 1. The van der Waals surface area contributed by atoms with E-state index < -0.39 is 0 Å². The summed E-state index contributed by atoms with van der Waals surface area (Å²) in [5.41, 5.74) is 1.07. The molecule has 22 heavy (non-hydrogen) atoms. The third kappa shape index (κ3) is 4.81. The Kier molecular flexibility index (Phi) is 6.39. The van der Waals surface area contributed by atoms with E-state index in [9.17, 15) is 4.79 Å². The molecule has 2 rings (SSSR count). The molecular weight excluding hydrogens is 280 g/mol. The molecular formula is C16H28N4O2. The van der Waals surface area contributed by atoms with E-state index in [1.165, 1.54) is 0 Å². The zero-order valence-electron chi connectivity index (χ0n) is 13.9. The maximum atomic E-state index is 12.2. The molecule has 6 heteroatoms. The van der Waals surface area contributed by atoms with Crippen LogP contribution in [0.5, 0.6) is 0 Å². The first-order chi connectivity index (χ1) is 10.6. The van der Waals surface area contributed by atoms with Gasteiger partial charge in [-0.05, 0) is 24.8 Å². The lowest BCUT2D eigenvalue weighted by Gasteiger charge is -2.19. The number of hydrogen-bond donors (Lipinski definition) is 1. The average Bonchev–Trinajstić information content (AvgIpc) is 3.04. The molecule has 2 atom stereocenters. The van der Waals surface area contributed by atoms with E-state index in [2.05, 4.69) is 22.2 Å². The highest BCUT2D eigenvalue weighted by atomic mass is 16.5. The van der Waals surface area contributed by atoms with Gasteiger partial charge in [0.15, 0.2) is 0 Å². The van der Waals surface area contributed by atoms with Crippen LogP contribution in [0.1, 0.15) is 25.3 Å². The second-order valence-electron chi connectivity index (χ2n) is 6.19. The normalized spacial score (nSPS) is 22.1. The number of methoxy groups -OCH3 is 1. The maximum Gasteiger partial charge on any atom is 0.242 e. The van der Waals surface area contributed by atoms with Crippen LogP contribution in [0, 0.1) is 12.8 Å². The fourth-order valence-electron chi connectivity index (χ4n) is 3.14. The molecule has 1 aliphatic rings. The van der Waals surface area contributed by atoms with E-state index in [0.29, 0.717) is 12.5 Å². The first-order valence-electron chi connectivity index (χ1n) is 8.12. The largest absolute Gasteiger partial charge is 0.383 e. The van der Waals surface area contributed by atoms with Gasteiger partial charge in [0.1, 0.15) is 6.54 Å². The first-order valence-corrected chi connectivity index (χ1v) is 8.12. The fraction of sp³-hybridized carbons (Fsp3) is 0.750. The summed E-state index contributed by atoms with van der Waals surface area (Å²) in [7, 11) is 1.73. The molecule has 0 aliphatic carbocycles. The summed E-state index contributed by atoms with van der Waals surface area (Å²) < 4.78 is 6.85. The van der Waals surface area contributed by atoms with Crippen molar-refractivity contribution in [3.63, 3.8) is 0 Å². The van der Waals surface area contributed by atoms with Crippen molar-refractivity contribution in [2.75, 3.05) is 33.4 Å². The Morgan fingerprint density at radius 3 is 2.95 bits per heavy atom. The zero-order chi connectivity index (χ0) is 15.9. The van der Waals surface area contributed by atoms with Gasteiger partial charge in [0.25, 0.3) is 0 Å². The number of nitrogens with one attached hydrogen (secondary N) is 1. The second-order valence-corrected chi connectivity index (χ2v) is 6.19. The maximum absolute atomic E-state index is 12.2. The van der Waals surface area contributed by atoms with Crippen molar-refractivity contribution in [1.29, 1.82) is 0 Å². The zero-order valence-corrected chi connectivity index (χ0v) is 13.9. The lowest BCUT2D eigenvalue weighted by atomic mass is 9.98. The minimum atomic E-state index is 0.0443. The molecule has 124 valence electrons. The molecule has 1 aromatic rings. The number of nitrogens with zero attached hydrogens (tertiary/aromatic N) is 3. The molecule has 0 spiro atoms. The molecule has 1 aromatic heterocycles. The van der Waals surface area contributed by atoms with Gasteiger partial charge in [0.2, 0.25) is 5.91 Å². The molecule has 6 nitrogen and oxygen atoms in total. The lowest BCUT2D eigenvalue weighted by Crippen LogP contribution is -2.42. The highest BCUT2D eigenvalue weighted by molar-refractivity contribution is 5.76. The Morgan fingerprint density at radius 2 is 2.32 bits per heavy atom. The molecule has 2 heterocycles. The average molecular weight is 308 g/mol. The molecule has 0 unspecified atom stereocenters. The van der Waals surface area contributed by atoms with Crippen LogP contribution in [0.2, 0.25) is 0 Å². The van der Waals surface area contributed by atoms with E-state index in [1.54, 1.807) is 18.0 Å². The van der Waals surface area contributed by atoms with Crippen LogP contribution in [0.4, 0.5) is 0 Å². The SMILES string of the molecule is CCC[C@@H]1CN(CCOC)C[C@H]1NC(=O)Cn1cc(C)cn1. The van der Waals surface area contributed by atoms with Crippen LogP contribution in [-0.2, 0) is 16.1 Å². The Morgan fingerprint density at radius 1 is 1.50 bits per heavy atom. The number of carbonyl (C=O) groups excluding carboxylic acids is 1. The molecule has 0 bridgehead atoms. The van der Waals surface area contributed by atoms with E-state index in [-0.39, 0.29) is 11.9 Å². The Bertz CT molecular complexity index is 474. The predicted molar refractivity (Wildman–Crippen MR) is 85.6 cm³/mol. The second kappa shape index (κ2) is 8.29. The molecule has 1 saturated heterocycles. The number of likely N-dealkylation sites (tertiary alicyclic amines) is 1. The molecule has 0 saturated carbocycles. The summed E-state index contributed by atoms with van der Waals surface area (Å²) in [5.74, 6) is 0.577. The Hall–Kier alpha value is -1.40. The molecule has 1 amide bonds. The van der Waals surface area contributed by atoms with Gasteiger partial charge in [-0.1, -0.05) is 13.3 Å². The summed E-state index contributed by atoms with van der Waals surface area (Å²) in [6.45, 7) is 8.10. The summed E-state index contributed by atoms with van der Waals surface area (Å²) in [6, 6.07) is 0.237. The van der Waals surface area contributed by atoms with Crippen molar-refractivity contribution in [2.24, 2.45) is 5.92 Å². The van der Waals surface area contributed by atoms with Crippen molar-refractivity contribution in [3.05, 3.63) is 18.0 Å². The number of rotatable bonds is 8. The Labute approximate surface area is 132 Å². The molecule has 0 radical (unpaired) electrons. The van der Waals surface area contributed by atoms with Crippen molar-refractivity contribution >= 4 is 5.91 Å². The van der Waals surface area contributed by atoms with Gasteiger partial charge in [0.05, 0.1) is 12.8 Å². The van der Waals surface area contributed by atoms with Gasteiger partial charge >= 0.3 is 0 Å². The van der Waals surface area contributed by atoms with Gasteiger partial charge in [-0.3, -0.25) is 14.4 Å². The van der Waals surface area contributed by atoms with E-state index in [0.717, 1.165) is 44.6 Å². The highest BCUT2D eigenvalue weighted by Crippen LogP contribution is 2.21. The van der Waals surface area contributed by atoms with Crippen molar-refractivity contribution in [3.8, 4) is 0 Å². The standard InChI is InChI=1S/C16H28N4O2/c1-4-5-14-10-19(6-7-22-3)11-15(14)18-16(21)12-20-9-13(2)8-17-20/h8-9,14-15H,4-7,10-12H2,1-3H3,(H,18,21)/t14-,15-/m1/s1. The van der Waals surface area contributed by atoms with Crippen LogP contribution in [0.15, 0.2) is 12.4 Å². The third-order valence-corrected chi connectivity index (χ3v) is 4.20. The molecule has 1 N–H and O–H groups in total. The Balaban J connectivity index is 1.86. The smallest absolute Gasteiger partial charge is 0.242 e. The van der Waals surface area contributed by atoms with E-state index >= 15 is 0 Å². The fourth-order valence-corrected chi connectivity index (χ4v) is 3.14. The molecule has 1 fully saturated rings. The third-order valence-electron chi connectivity index (χ3n) is 4.20. The molecule has 1 aliphatic heterocycles. The number of aromatic nitrogens is 2. The van der Waals surface area contributed by atoms with Crippen molar-refractivity contribution in [1.82, 2.24) is 20.0 Å². The number of ether oxygens (including phenoxy) is 1. The summed E-state index contributed by atoms with van der Waals surface area (Å²) in [6.07, 6.45) is 5.96. The van der Waals surface area contributed by atoms with Gasteiger partial charge in [-0.2, -0.15) is 5.10 Å². The van der Waals surface area contributed by atoms with E-state index in [1.807, 2.05) is 13.1 Å². The van der Waals surface area contributed by atoms with Crippen LogP contribution in [-0.4, -0.2) is 60.0 Å². The summed E-state index contributed by atoms with van der Waals surface area (Å²) >= 11 is 0. The highest BCUT2D eigenvalue weighted by Gasteiger charge is 2.32. The van der Waals surface area contributed by atoms with Gasteiger partial charge in [0, 0.05) is 39.0 Å². The van der Waals surface area contributed by atoms with Crippen molar-refractivity contribution in [2.45, 2.75) is 39.3 Å².